The van der Waals surface area contributed by atoms with Crippen molar-refractivity contribution in [3.05, 3.63) is 0 Å². The number of hydrogen-bond donors (Lipinski definition) is 1. The van der Waals surface area contributed by atoms with Crippen molar-refractivity contribution >= 4 is 5.91 Å². The summed E-state index contributed by atoms with van der Waals surface area (Å²) in [5, 5.41) is 3.60. The molecule has 1 N–H and O–H groups in total. The van der Waals surface area contributed by atoms with Crippen molar-refractivity contribution < 1.29 is 9.53 Å². The van der Waals surface area contributed by atoms with Crippen LogP contribution in [0, 0.1) is 5.92 Å². The molecule has 3 heterocycles. The number of amides is 1. The van der Waals surface area contributed by atoms with Crippen molar-refractivity contribution in [3.8, 4) is 0 Å². The molecule has 0 aromatic heterocycles. The summed E-state index contributed by atoms with van der Waals surface area (Å²) in [6.45, 7) is 5.09. The zero-order valence-corrected chi connectivity index (χ0v) is 11.9. The Morgan fingerprint density at radius 1 is 1.16 bits per heavy atom. The van der Waals surface area contributed by atoms with E-state index in [2.05, 4.69) is 12.2 Å². The zero-order chi connectivity index (χ0) is 13.2. The molecule has 4 nitrogen and oxygen atoms in total. The Bertz CT molecular complexity index is 320. The van der Waals surface area contributed by atoms with Crippen LogP contribution in [0.4, 0.5) is 0 Å². The van der Waals surface area contributed by atoms with E-state index in [-0.39, 0.29) is 18.1 Å². The third-order valence-electron chi connectivity index (χ3n) is 5.03. The largest absolute Gasteiger partial charge is 0.365 e. The lowest BCUT2D eigenvalue weighted by atomic mass is 9.88. The molecule has 0 aromatic carbocycles. The van der Waals surface area contributed by atoms with Gasteiger partial charge in [0.15, 0.2) is 0 Å². The molecular weight excluding hydrogens is 240 g/mol. The standard InChI is InChI=1S/C15H26N2O2/c1-11-4-5-14(19-11)15(18)17-9-6-12(7-10-17)13-3-2-8-16-13/h11-14,16H,2-10H2,1H3. The highest BCUT2D eigenvalue weighted by Crippen LogP contribution is 2.27. The van der Waals surface area contributed by atoms with E-state index < -0.39 is 0 Å². The fraction of sp³-hybridized carbons (Fsp3) is 0.933. The van der Waals surface area contributed by atoms with Crippen LogP contribution in [0.15, 0.2) is 0 Å². The van der Waals surface area contributed by atoms with Crippen LogP contribution in [0.25, 0.3) is 0 Å². The monoisotopic (exact) mass is 266 g/mol. The fourth-order valence-corrected chi connectivity index (χ4v) is 3.82. The van der Waals surface area contributed by atoms with Crippen molar-refractivity contribution in [1.82, 2.24) is 10.2 Å². The Kier molecular flexibility index (Phi) is 4.08. The number of nitrogens with one attached hydrogen (secondary N) is 1. The van der Waals surface area contributed by atoms with E-state index in [1.165, 1.54) is 19.4 Å². The fourth-order valence-electron chi connectivity index (χ4n) is 3.82. The minimum Gasteiger partial charge on any atom is -0.365 e. The molecule has 0 radical (unpaired) electrons. The van der Waals surface area contributed by atoms with Crippen LogP contribution in [0.5, 0.6) is 0 Å². The van der Waals surface area contributed by atoms with Crippen molar-refractivity contribution in [3.63, 3.8) is 0 Å². The smallest absolute Gasteiger partial charge is 0.251 e. The Hall–Kier alpha value is -0.610. The number of likely N-dealkylation sites (tertiary alicyclic amines) is 1. The second-order valence-corrected chi connectivity index (χ2v) is 6.38. The Balaban J connectivity index is 1.48. The molecular formula is C15H26N2O2. The van der Waals surface area contributed by atoms with Gasteiger partial charge in [0, 0.05) is 19.1 Å². The first-order chi connectivity index (χ1) is 9.24. The first-order valence-corrected chi connectivity index (χ1v) is 7.91. The average molecular weight is 266 g/mol. The first-order valence-electron chi connectivity index (χ1n) is 7.91. The lowest BCUT2D eigenvalue weighted by Gasteiger charge is -2.35. The Morgan fingerprint density at radius 3 is 2.53 bits per heavy atom. The minimum absolute atomic E-state index is 0.156. The Labute approximate surface area is 115 Å². The number of hydrogen-bond acceptors (Lipinski definition) is 3. The van der Waals surface area contributed by atoms with Gasteiger partial charge in [-0.15, -0.1) is 0 Å². The molecule has 19 heavy (non-hydrogen) atoms. The predicted molar refractivity (Wildman–Crippen MR) is 73.9 cm³/mol. The van der Waals surface area contributed by atoms with Crippen LogP contribution < -0.4 is 5.32 Å². The van der Waals surface area contributed by atoms with Gasteiger partial charge in [-0.25, -0.2) is 0 Å². The van der Waals surface area contributed by atoms with Crippen LogP contribution in [-0.4, -0.2) is 48.7 Å². The number of rotatable bonds is 2. The van der Waals surface area contributed by atoms with E-state index in [0.717, 1.165) is 44.7 Å². The summed E-state index contributed by atoms with van der Waals surface area (Å²) >= 11 is 0. The topological polar surface area (TPSA) is 41.6 Å². The third kappa shape index (κ3) is 2.95. The predicted octanol–water partition coefficient (Wildman–Crippen LogP) is 1.54. The maximum absolute atomic E-state index is 12.4. The van der Waals surface area contributed by atoms with Gasteiger partial charge in [0.05, 0.1) is 6.10 Å². The van der Waals surface area contributed by atoms with Gasteiger partial charge in [0.2, 0.25) is 0 Å². The van der Waals surface area contributed by atoms with E-state index in [0.29, 0.717) is 6.04 Å². The van der Waals surface area contributed by atoms with Gasteiger partial charge in [-0.2, -0.15) is 0 Å². The molecule has 4 heteroatoms. The van der Waals surface area contributed by atoms with Crippen molar-refractivity contribution in [1.29, 1.82) is 0 Å². The molecule has 3 saturated heterocycles. The van der Waals surface area contributed by atoms with E-state index in [9.17, 15) is 4.79 Å². The lowest BCUT2D eigenvalue weighted by Crippen LogP contribution is -2.46. The average Bonchev–Trinajstić information content (AvgIpc) is 3.09. The SMILES string of the molecule is CC1CCC(C(=O)N2CCC(C3CCCN3)CC2)O1. The van der Waals surface area contributed by atoms with E-state index in [4.69, 9.17) is 4.74 Å². The molecule has 3 unspecified atom stereocenters. The highest BCUT2D eigenvalue weighted by atomic mass is 16.5. The van der Waals surface area contributed by atoms with Gasteiger partial charge in [0.25, 0.3) is 5.91 Å². The van der Waals surface area contributed by atoms with E-state index in [1.807, 2.05) is 4.90 Å². The number of carbonyl (C=O) groups is 1. The second kappa shape index (κ2) is 5.80. The highest BCUT2D eigenvalue weighted by Gasteiger charge is 2.35. The molecule has 108 valence electrons. The summed E-state index contributed by atoms with van der Waals surface area (Å²) in [4.78, 5) is 14.4. The minimum atomic E-state index is -0.156. The molecule has 1 amide bonds. The molecule has 3 fully saturated rings. The first kappa shape index (κ1) is 13.4. The third-order valence-corrected chi connectivity index (χ3v) is 5.03. The van der Waals surface area contributed by atoms with Gasteiger partial charge in [-0.05, 0) is 57.9 Å². The van der Waals surface area contributed by atoms with Crippen molar-refractivity contribution in [2.75, 3.05) is 19.6 Å². The maximum Gasteiger partial charge on any atom is 0.251 e. The van der Waals surface area contributed by atoms with E-state index in [1.54, 1.807) is 0 Å². The van der Waals surface area contributed by atoms with E-state index >= 15 is 0 Å². The molecule has 0 aliphatic carbocycles. The maximum atomic E-state index is 12.4. The van der Waals surface area contributed by atoms with Crippen LogP contribution >= 0.6 is 0 Å². The number of piperidine rings is 1. The summed E-state index contributed by atoms with van der Waals surface area (Å²) in [7, 11) is 0. The molecule has 0 saturated carbocycles. The molecule has 3 aliphatic heterocycles. The molecule has 3 aliphatic rings. The lowest BCUT2D eigenvalue weighted by molar-refractivity contribution is -0.144. The van der Waals surface area contributed by atoms with Gasteiger partial charge in [-0.3, -0.25) is 4.79 Å². The molecule has 3 rings (SSSR count). The van der Waals surface area contributed by atoms with Gasteiger partial charge >= 0.3 is 0 Å². The van der Waals surface area contributed by atoms with Crippen LogP contribution in [-0.2, 0) is 9.53 Å². The quantitative estimate of drug-likeness (QED) is 0.824. The molecule has 0 bridgehead atoms. The zero-order valence-electron chi connectivity index (χ0n) is 11.9. The number of carbonyl (C=O) groups excluding carboxylic acids is 1. The Morgan fingerprint density at radius 2 is 1.95 bits per heavy atom. The normalized spacial score (nSPS) is 36.9. The van der Waals surface area contributed by atoms with Gasteiger partial charge < -0.3 is 15.0 Å². The number of ether oxygens (including phenoxy) is 1. The summed E-state index contributed by atoms with van der Waals surface area (Å²) in [5.74, 6) is 1.01. The second-order valence-electron chi connectivity index (χ2n) is 6.38. The summed E-state index contributed by atoms with van der Waals surface area (Å²) in [5.41, 5.74) is 0. The van der Waals surface area contributed by atoms with Crippen molar-refractivity contribution in [2.45, 2.75) is 63.7 Å². The number of nitrogens with zero attached hydrogens (tertiary/aromatic N) is 1. The molecule has 3 atom stereocenters. The van der Waals surface area contributed by atoms with Crippen LogP contribution in [0.2, 0.25) is 0 Å². The van der Waals surface area contributed by atoms with Crippen molar-refractivity contribution in [2.24, 2.45) is 5.92 Å². The summed E-state index contributed by atoms with van der Waals surface area (Å²) in [6.07, 6.45) is 6.99. The molecule has 0 aromatic rings. The summed E-state index contributed by atoms with van der Waals surface area (Å²) in [6, 6.07) is 0.708. The van der Waals surface area contributed by atoms with Gasteiger partial charge in [-0.1, -0.05) is 0 Å². The summed E-state index contributed by atoms with van der Waals surface area (Å²) < 4.78 is 5.70. The van der Waals surface area contributed by atoms with Crippen LogP contribution in [0.3, 0.4) is 0 Å². The van der Waals surface area contributed by atoms with Gasteiger partial charge in [0.1, 0.15) is 6.10 Å². The highest BCUT2D eigenvalue weighted by molar-refractivity contribution is 5.81. The van der Waals surface area contributed by atoms with Crippen LogP contribution in [0.1, 0.15) is 45.4 Å². The molecule has 0 spiro atoms.